The van der Waals surface area contributed by atoms with E-state index in [4.69, 9.17) is 0 Å². The van der Waals surface area contributed by atoms with Crippen LogP contribution in [0, 0.1) is 0 Å². The Hall–Kier alpha value is -2.93. The van der Waals surface area contributed by atoms with E-state index < -0.39 is 0 Å². The van der Waals surface area contributed by atoms with Gasteiger partial charge in [-0.15, -0.1) is 10.2 Å². The van der Waals surface area contributed by atoms with Gasteiger partial charge >= 0.3 is 0 Å². The van der Waals surface area contributed by atoms with Gasteiger partial charge < -0.3 is 15.3 Å². The Labute approximate surface area is 164 Å². The van der Waals surface area contributed by atoms with Crippen LogP contribution in [0.25, 0.3) is 16.9 Å². The summed E-state index contributed by atoms with van der Waals surface area (Å²) in [6, 6.07) is 13.0. The maximum atomic E-state index is 10.5. The van der Waals surface area contributed by atoms with E-state index >= 15 is 0 Å². The van der Waals surface area contributed by atoms with E-state index in [-0.39, 0.29) is 5.75 Å². The van der Waals surface area contributed by atoms with Gasteiger partial charge in [-0.1, -0.05) is 0 Å². The molecule has 1 aromatic carbocycles. The number of nitrogens with one attached hydrogen (secondary N) is 1. The van der Waals surface area contributed by atoms with Crippen LogP contribution in [0.15, 0.2) is 48.8 Å². The molecule has 2 bridgehead atoms. The summed E-state index contributed by atoms with van der Waals surface area (Å²) in [6.07, 6.45) is 8.43. The molecule has 0 saturated carbocycles. The van der Waals surface area contributed by atoms with Crippen molar-refractivity contribution in [3.63, 3.8) is 0 Å². The lowest BCUT2D eigenvalue weighted by Gasteiger charge is -2.36. The van der Waals surface area contributed by atoms with Crippen LogP contribution in [0.1, 0.15) is 25.7 Å². The highest BCUT2D eigenvalue weighted by molar-refractivity contribution is 5.69. The van der Waals surface area contributed by atoms with Crippen LogP contribution >= 0.6 is 0 Å². The lowest BCUT2D eigenvalue weighted by atomic mass is 9.98. The molecule has 7 nitrogen and oxygen atoms in total. The lowest BCUT2D eigenvalue weighted by Crippen LogP contribution is -2.47. The molecule has 2 aliphatic rings. The van der Waals surface area contributed by atoms with Crippen LogP contribution in [0.2, 0.25) is 0 Å². The van der Waals surface area contributed by atoms with Crippen molar-refractivity contribution in [1.82, 2.24) is 25.3 Å². The van der Waals surface area contributed by atoms with E-state index in [1.165, 1.54) is 12.8 Å². The monoisotopic (exact) mass is 376 g/mol. The van der Waals surface area contributed by atoms with E-state index in [0.29, 0.717) is 29.4 Å². The first kappa shape index (κ1) is 17.2. The highest BCUT2D eigenvalue weighted by atomic mass is 16.3. The van der Waals surface area contributed by atoms with Crippen LogP contribution in [0.5, 0.6) is 5.75 Å². The minimum Gasteiger partial charge on any atom is -0.507 e. The summed E-state index contributed by atoms with van der Waals surface area (Å²) in [5.74, 6) is 1.04. The molecule has 28 heavy (non-hydrogen) atoms. The number of phenols is 1. The number of fused-ring (bicyclic) bond motifs is 2. The van der Waals surface area contributed by atoms with Gasteiger partial charge in [-0.3, -0.25) is 0 Å². The smallest absolute Gasteiger partial charge is 0.151 e. The molecule has 3 atom stereocenters. The fraction of sp³-hybridized carbons (Fsp3) is 0.381. The molecule has 0 spiro atoms. The predicted molar refractivity (Wildman–Crippen MR) is 108 cm³/mol. The van der Waals surface area contributed by atoms with Crippen molar-refractivity contribution >= 4 is 5.82 Å². The number of aromatic nitrogens is 4. The second kappa shape index (κ2) is 6.91. The molecule has 0 radical (unpaired) electrons. The highest BCUT2D eigenvalue weighted by Crippen LogP contribution is 2.32. The Morgan fingerprint density at radius 2 is 1.93 bits per heavy atom. The average Bonchev–Trinajstić information content (AvgIpc) is 3.37. The fourth-order valence-electron chi connectivity index (χ4n) is 4.49. The number of piperidine rings is 1. The summed E-state index contributed by atoms with van der Waals surface area (Å²) in [4.78, 5) is 2.25. The quantitative estimate of drug-likeness (QED) is 0.729. The molecular formula is C21H24N6O. The van der Waals surface area contributed by atoms with Gasteiger partial charge in [-0.25, -0.2) is 4.68 Å². The Morgan fingerprint density at radius 3 is 2.57 bits per heavy atom. The van der Waals surface area contributed by atoms with E-state index in [9.17, 15) is 5.11 Å². The first-order chi connectivity index (χ1) is 13.7. The van der Waals surface area contributed by atoms with Gasteiger partial charge in [0.2, 0.25) is 0 Å². The Bertz CT molecular complexity index is 944. The molecular weight excluding hydrogens is 352 g/mol. The largest absolute Gasteiger partial charge is 0.507 e. The molecule has 3 aromatic rings. The van der Waals surface area contributed by atoms with E-state index in [1.807, 2.05) is 36.5 Å². The minimum absolute atomic E-state index is 0.165. The molecule has 2 fully saturated rings. The van der Waals surface area contributed by atoms with Gasteiger partial charge in [0, 0.05) is 49.2 Å². The molecule has 2 N–H and O–H groups in total. The number of nitrogens with zero attached hydrogens (tertiary/aromatic N) is 5. The summed E-state index contributed by atoms with van der Waals surface area (Å²) in [7, 11) is 2.11. The standard InChI is InChI=1S/C21H24N6O/c1-26(17-11-14-3-4-15(12-17)23-14)21-8-7-19(24-25-21)18-6-5-16(13-20(18)28)27-10-2-9-22-27/h2,5-10,13-15,17,23,28H,3-4,11-12H2,1H3/t14-,15?,17?/m0/s1. The third-order valence-electron chi connectivity index (χ3n) is 6.03. The molecule has 0 aliphatic carbocycles. The van der Waals surface area contributed by atoms with Gasteiger partial charge in [0.15, 0.2) is 5.82 Å². The second-order valence-electron chi connectivity index (χ2n) is 7.80. The lowest BCUT2D eigenvalue weighted by molar-refractivity contribution is 0.353. The number of benzene rings is 1. The van der Waals surface area contributed by atoms with Crippen LogP contribution in [-0.2, 0) is 0 Å². The number of hydrogen-bond donors (Lipinski definition) is 2. The second-order valence-corrected chi connectivity index (χ2v) is 7.80. The summed E-state index contributed by atoms with van der Waals surface area (Å²) in [5.41, 5.74) is 2.13. The summed E-state index contributed by atoms with van der Waals surface area (Å²) in [5, 5.41) is 27.2. The Balaban J connectivity index is 1.35. The van der Waals surface area contributed by atoms with Gasteiger partial charge in [-0.05, 0) is 56.0 Å². The summed E-state index contributed by atoms with van der Waals surface area (Å²) < 4.78 is 1.71. The van der Waals surface area contributed by atoms with Crippen LogP contribution in [0.3, 0.4) is 0 Å². The zero-order chi connectivity index (χ0) is 19.1. The number of aromatic hydroxyl groups is 1. The molecule has 7 heteroatoms. The fourth-order valence-corrected chi connectivity index (χ4v) is 4.49. The summed E-state index contributed by atoms with van der Waals surface area (Å²) >= 11 is 0. The van der Waals surface area contributed by atoms with Crippen LogP contribution in [0.4, 0.5) is 5.82 Å². The van der Waals surface area contributed by atoms with Crippen LogP contribution < -0.4 is 10.2 Å². The molecule has 144 valence electrons. The van der Waals surface area contributed by atoms with Crippen molar-refractivity contribution in [2.24, 2.45) is 0 Å². The maximum absolute atomic E-state index is 10.5. The summed E-state index contributed by atoms with van der Waals surface area (Å²) in [6.45, 7) is 0. The third kappa shape index (κ3) is 3.11. The van der Waals surface area contributed by atoms with Gasteiger partial charge in [0.05, 0.1) is 11.4 Å². The SMILES string of the molecule is CN(c1ccc(-c2ccc(-n3cccn3)cc2O)nn1)C1CC2CC[C@@H](C1)N2. The maximum Gasteiger partial charge on any atom is 0.151 e. The van der Waals surface area contributed by atoms with Crippen molar-refractivity contribution in [1.29, 1.82) is 0 Å². The predicted octanol–water partition coefficient (Wildman–Crippen LogP) is 2.75. The molecule has 0 amide bonds. The zero-order valence-electron chi connectivity index (χ0n) is 15.9. The molecule has 2 saturated heterocycles. The Kier molecular flexibility index (Phi) is 4.24. The number of hydrogen-bond acceptors (Lipinski definition) is 6. The zero-order valence-corrected chi connectivity index (χ0v) is 15.9. The topological polar surface area (TPSA) is 79.1 Å². The normalized spacial score (nSPS) is 23.7. The van der Waals surface area contributed by atoms with Crippen molar-refractivity contribution in [2.75, 3.05) is 11.9 Å². The Morgan fingerprint density at radius 1 is 1.11 bits per heavy atom. The third-order valence-corrected chi connectivity index (χ3v) is 6.03. The van der Waals surface area contributed by atoms with Crippen LogP contribution in [-0.4, -0.2) is 50.3 Å². The van der Waals surface area contributed by atoms with Crippen molar-refractivity contribution in [2.45, 2.75) is 43.8 Å². The van der Waals surface area contributed by atoms with E-state index in [2.05, 4.69) is 32.6 Å². The number of rotatable bonds is 4. The number of anilines is 1. The molecule has 2 aromatic heterocycles. The van der Waals surface area contributed by atoms with Crippen molar-refractivity contribution in [3.05, 3.63) is 48.8 Å². The van der Waals surface area contributed by atoms with Gasteiger partial charge in [0.1, 0.15) is 5.75 Å². The molecule has 5 rings (SSSR count). The van der Waals surface area contributed by atoms with Crippen molar-refractivity contribution in [3.8, 4) is 22.7 Å². The molecule has 2 unspecified atom stereocenters. The van der Waals surface area contributed by atoms with E-state index in [0.717, 1.165) is 24.3 Å². The minimum atomic E-state index is 0.165. The molecule has 2 aliphatic heterocycles. The first-order valence-electron chi connectivity index (χ1n) is 9.83. The first-order valence-corrected chi connectivity index (χ1v) is 9.83. The van der Waals surface area contributed by atoms with Gasteiger partial charge in [-0.2, -0.15) is 5.10 Å². The van der Waals surface area contributed by atoms with E-state index in [1.54, 1.807) is 16.9 Å². The van der Waals surface area contributed by atoms with Gasteiger partial charge in [0.25, 0.3) is 0 Å². The van der Waals surface area contributed by atoms with Crippen molar-refractivity contribution < 1.29 is 5.11 Å². The average molecular weight is 376 g/mol. The molecule has 4 heterocycles. The highest BCUT2D eigenvalue weighted by Gasteiger charge is 2.35. The number of phenolic OH excluding ortho intramolecular Hbond substituents is 1.